The van der Waals surface area contributed by atoms with Crippen molar-refractivity contribution in [3.05, 3.63) is 53.1 Å². The Labute approximate surface area is 176 Å². The Morgan fingerprint density at radius 2 is 1.80 bits per heavy atom. The van der Waals surface area contributed by atoms with Crippen LogP contribution in [0.4, 0.5) is 10.5 Å². The lowest BCUT2D eigenvalue weighted by atomic mass is 9.98. The van der Waals surface area contributed by atoms with Gasteiger partial charge >= 0.3 is 6.03 Å². The first-order valence-corrected chi connectivity index (χ1v) is 10.0. The number of aromatic hydroxyl groups is 2. The van der Waals surface area contributed by atoms with Crippen molar-refractivity contribution in [2.45, 2.75) is 26.3 Å². The fraction of sp³-hybridized carbons (Fsp3) is 0.364. The number of nitrogens with zero attached hydrogens (tertiary/aromatic N) is 2. The number of carbonyl (C=O) groups is 1. The molecule has 160 valence electrons. The van der Waals surface area contributed by atoms with Gasteiger partial charge in [-0.25, -0.2) is 9.69 Å². The lowest BCUT2D eigenvalue weighted by Crippen LogP contribution is -2.43. The Morgan fingerprint density at radius 1 is 1.17 bits per heavy atom. The van der Waals surface area contributed by atoms with Gasteiger partial charge < -0.3 is 21.3 Å². The van der Waals surface area contributed by atoms with Gasteiger partial charge in [-0.3, -0.25) is 10.3 Å². The monoisotopic (exact) mass is 411 g/mol. The zero-order valence-corrected chi connectivity index (χ0v) is 17.4. The summed E-state index contributed by atoms with van der Waals surface area (Å²) < 4.78 is 0. The second kappa shape index (κ2) is 9.15. The van der Waals surface area contributed by atoms with Crippen LogP contribution in [0.25, 0.3) is 0 Å². The third kappa shape index (κ3) is 4.72. The van der Waals surface area contributed by atoms with Gasteiger partial charge in [0.05, 0.1) is 11.3 Å². The van der Waals surface area contributed by atoms with Crippen molar-refractivity contribution < 1.29 is 15.0 Å². The van der Waals surface area contributed by atoms with E-state index in [0.29, 0.717) is 11.3 Å². The number of benzene rings is 2. The fourth-order valence-corrected chi connectivity index (χ4v) is 3.61. The molecule has 0 unspecified atom stereocenters. The Hall–Kier alpha value is -3.10. The number of nitrogens with one attached hydrogen (secondary N) is 2. The first-order valence-electron chi connectivity index (χ1n) is 10.0. The standard InChI is InChI=1S/C22H29N5O3/c1-14(2)17-11-18(20(29)12-19(17)28)21(23)27(22(24)30)16-5-3-15(4-6-16)13-26-9-7-25-8-10-26/h3-6,11-12,14,23,25,28-29H,7-10,13H2,1-2H3,(H2,24,30). The average molecular weight is 412 g/mol. The summed E-state index contributed by atoms with van der Waals surface area (Å²) in [5, 5.41) is 32.2. The number of piperazine rings is 1. The fourth-order valence-electron chi connectivity index (χ4n) is 3.61. The quantitative estimate of drug-likeness (QED) is 0.382. The van der Waals surface area contributed by atoms with E-state index in [4.69, 9.17) is 11.1 Å². The second-order valence-electron chi connectivity index (χ2n) is 7.80. The van der Waals surface area contributed by atoms with Crippen LogP contribution >= 0.6 is 0 Å². The number of hydrogen-bond acceptors (Lipinski definition) is 6. The maximum atomic E-state index is 12.2. The molecule has 0 aliphatic carbocycles. The van der Waals surface area contributed by atoms with Gasteiger partial charge in [0.2, 0.25) is 0 Å². The summed E-state index contributed by atoms with van der Waals surface area (Å²) in [4.78, 5) is 15.6. The summed E-state index contributed by atoms with van der Waals surface area (Å²) in [6, 6.07) is 9.21. The Balaban J connectivity index is 1.86. The zero-order chi connectivity index (χ0) is 21.8. The number of nitrogens with two attached hydrogens (primary N) is 1. The van der Waals surface area contributed by atoms with Crippen LogP contribution in [0.2, 0.25) is 0 Å². The number of amidine groups is 1. The average Bonchev–Trinajstić information content (AvgIpc) is 2.69. The molecule has 30 heavy (non-hydrogen) atoms. The molecule has 2 aromatic carbocycles. The zero-order valence-electron chi connectivity index (χ0n) is 17.4. The van der Waals surface area contributed by atoms with Crippen molar-refractivity contribution in [3.8, 4) is 11.5 Å². The highest BCUT2D eigenvalue weighted by molar-refractivity contribution is 6.22. The minimum absolute atomic E-state index is 0.0246. The largest absolute Gasteiger partial charge is 0.508 e. The molecule has 2 amide bonds. The highest BCUT2D eigenvalue weighted by Gasteiger charge is 2.24. The molecule has 8 heteroatoms. The third-order valence-corrected chi connectivity index (χ3v) is 5.28. The van der Waals surface area contributed by atoms with E-state index in [2.05, 4.69) is 10.2 Å². The van der Waals surface area contributed by atoms with Crippen LogP contribution < -0.4 is 16.0 Å². The molecule has 1 aliphatic heterocycles. The highest BCUT2D eigenvalue weighted by Crippen LogP contribution is 2.33. The number of phenolic OH excluding ortho intramolecular Hbond substituents is 2. The molecular weight excluding hydrogens is 382 g/mol. The summed E-state index contributed by atoms with van der Waals surface area (Å²) in [5.41, 5.74) is 7.81. The molecule has 0 spiro atoms. The third-order valence-electron chi connectivity index (χ3n) is 5.28. The SMILES string of the molecule is CC(C)c1cc(C(=N)N(C(N)=O)c2ccc(CN3CCNCC3)cc2)c(O)cc1O. The van der Waals surface area contributed by atoms with E-state index in [1.807, 2.05) is 26.0 Å². The Morgan fingerprint density at radius 3 is 2.37 bits per heavy atom. The molecule has 0 atom stereocenters. The number of amides is 2. The first-order chi connectivity index (χ1) is 14.3. The molecule has 1 aliphatic rings. The molecular formula is C22H29N5O3. The van der Waals surface area contributed by atoms with Gasteiger partial charge in [0, 0.05) is 38.8 Å². The predicted molar refractivity (Wildman–Crippen MR) is 117 cm³/mol. The predicted octanol–water partition coefficient (Wildman–Crippen LogP) is 2.54. The summed E-state index contributed by atoms with van der Waals surface area (Å²) >= 11 is 0. The summed E-state index contributed by atoms with van der Waals surface area (Å²) in [5.74, 6) is -0.620. The minimum Gasteiger partial charge on any atom is -0.508 e. The highest BCUT2D eigenvalue weighted by atomic mass is 16.3. The summed E-state index contributed by atoms with van der Waals surface area (Å²) in [6.45, 7) is 8.51. The number of urea groups is 1. The molecule has 0 radical (unpaired) electrons. The van der Waals surface area contributed by atoms with Crippen molar-refractivity contribution in [3.63, 3.8) is 0 Å². The van der Waals surface area contributed by atoms with Crippen LogP contribution in [-0.2, 0) is 6.54 Å². The van der Waals surface area contributed by atoms with E-state index in [-0.39, 0.29) is 28.8 Å². The van der Waals surface area contributed by atoms with E-state index in [1.54, 1.807) is 12.1 Å². The maximum Gasteiger partial charge on any atom is 0.325 e. The lowest BCUT2D eigenvalue weighted by molar-refractivity contribution is 0.233. The minimum atomic E-state index is -0.826. The Bertz CT molecular complexity index is 921. The van der Waals surface area contributed by atoms with Crippen LogP contribution in [0.3, 0.4) is 0 Å². The van der Waals surface area contributed by atoms with Gasteiger partial charge in [0.1, 0.15) is 17.3 Å². The molecule has 8 nitrogen and oxygen atoms in total. The maximum absolute atomic E-state index is 12.2. The van der Waals surface area contributed by atoms with E-state index in [1.165, 1.54) is 12.1 Å². The van der Waals surface area contributed by atoms with Gasteiger partial charge in [0.15, 0.2) is 0 Å². The molecule has 0 aromatic heterocycles. The lowest BCUT2D eigenvalue weighted by Gasteiger charge is -2.27. The smallest absolute Gasteiger partial charge is 0.325 e. The summed E-state index contributed by atoms with van der Waals surface area (Å²) in [6.07, 6.45) is 0. The van der Waals surface area contributed by atoms with E-state index < -0.39 is 6.03 Å². The van der Waals surface area contributed by atoms with Gasteiger partial charge in [-0.1, -0.05) is 26.0 Å². The number of carbonyl (C=O) groups excluding carboxylic acids is 1. The van der Waals surface area contributed by atoms with Crippen LogP contribution in [0.15, 0.2) is 36.4 Å². The van der Waals surface area contributed by atoms with Crippen molar-refractivity contribution >= 4 is 17.6 Å². The summed E-state index contributed by atoms with van der Waals surface area (Å²) in [7, 11) is 0. The molecule has 1 fully saturated rings. The Kier molecular flexibility index (Phi) is 6.59. The number of rotatable bonds is 5. The van der Waals surface area contributed by atoms with E-state index in [9.17, 15) is 15.0 Å². The molecule has 2 aromatic rings. The molecule has 0 bridgehead atoms. The van der Waals surface area contributed by atoms with Gasteiger partial charge in [-0.05, 0) is 35.2 Å². The van der Waals surface area contributed by atoms with Crippen LogP contribution in [0.1, 0.15) is 36.5 Å². The van der Waals surface area contributed by atoms with Crippen molar-refractivity contribution in [1.82, 2.24) is 10.2 Å². The number of hydrogen-bond donors (Lipinski definition) is 5. The van der Waals surface area contributed by atoms with E-state index in [0.717, 1.165) is 43.2 Å². The first kappa shape index (κ1) is 21.6. The molecule has 6 N–H and O–H groups in total. The topological polar surface area (TPSA) is 126 Å². The van der Waals surface area contributed by atoms with Crippen LogP contribution in [0, 0.1) is 5.41 Å². The van der Waals surface area contributed by atoms with Crippen molar-refractivity contribution in [1.29, 1.82) is 5.41 Å². The van der Waals surface area contributed by atoms with Crippen molar-refractivity contribution in [2.75, 3.05) is 31.1 Å². The second-order valence-corrected chi connectivity index (χ2v) is 7.80. The van der Waals surface area contributed by atoms with E-state index >= 15 is 0 Å². The van der Waals surface area contributed by atoms with Gasteiger partial charge in [0.25, 0.3) is 0 Å². The van der Waals surface area contributed by atoms with Crippen LogP contribution in [-0.4, -0.2) is 53.2 Å². The van der Waals surface area contributed by atoms with Crippen molar-refractivity contribution in [2.24, 2.45) is 5.73 Å². The normalized spacial score (nSPS) is 14.6. The van der Waals surface area contributed by atoms with Gasteiger partial charge in [-0.15, -0.1) is 0 Å². The number of anilines is 1. The van der Waals surface area contributed by atoms with Gasteiger partial charge in [-0.2, -0.15) is 0 Å². The number of phenols is 2. The molecule has 3 rings (SSSR count). The molecule has 1 saturated heterocycles. The molecule has 1 heterocycles. The molecule has 0 saturated carbocycles. The van der Waals surface area contributed by atoms with Crippen LogP contribution in [0.5, 0.6) is 11.5 Å². The number of primary amides is 1.